The molecule has 1 heterocycles. The van der Waals surface area contributed by atoms with Crippen molar-refractivity contribution in [3.8, 4) is 0 Å². The number of phosphoric acid groups is 1. The van der Waals surface area contributed by atoms with E-state index in [0.29, 0.717) is 12.8 Å². The summed E-state index contributed by atoms with van der Waals surface area (Å²) in [4.78, 5) is 19.9. The standard InChI is InChI=1S/C8H11N.C3H6F3O4P/c1-7(2)8-4-3-5-9-6-8;1-2(3(4,5)6)10-11(7,8)9/h3-7H,1-2H3;2H,1H3,(H2,7,8,9). The highest BCUT2D eigenvalue weighted by molar-refractivity contribution is 7.46. The van der Waals surface area contributed by atoms with Crippen LogP contribution in [-0.2, 0) is 9.09 Å². The Kier molecular flexibility index (Phi) is 7.37. The maximum Gasteiger partial charge on any atom is 0.470 e. The Morgan fingerprint density at radius 1 is 1.30 bits per heavy atom. The maximum absolute atomic E-state index is 11.5. The summed E-state index contributed by atoms with van der Waals surface area (Å²) in [5, 5.41) is 0. The highest BCUT2D eigenvalue weighted by atomic mass is 31.2. The van der Waals surface area contributed by atoms with Crippen molar-refractivity contribution in [2.75, 3.05) is 0 Å². The van der Waals surface area contributed by atoms with Gasteiger partial charge in [-0.2, -0.15) is 13.2 Å². The molecule has 0 aliphatic carbocycles. The second-order valence-corrected chi connectivity index (χ2v) is 5.41. The Morgan fingerprint density at radius 3 is 2.05 bits per heavy atom. The van der Waals surface area contributed by atoms with Gasteiger partial charge in [0.15, 0.2) is 6.10 Å². The van der Waals surface area contributed by atoms with Gasteiger partial charge in [-0.3, -0.25) is 9.51 Å². The Morgan fingerprint density at radius 2 is 1.85 bits per heavy atom. The SMILES string of the molecule is CC(C)c1cccnc1.CC(OP(=O)(O)O)C(F)(F)F. The molecule has 0 aromatic carbocycles. The van der Waals surface area contributed by atoms with Crippen molar-refractivity contribution in [2.45, 2.75) is 39.0 Å². The summed E-state index contributed by atoms with van der Waals surface area (Å²) in [5.74, 6) is 0.596. The van der Waals surface area contributed by atoms with Crippen LogP contribution in [0.5, 0.6) is 0 Å². The van der Waals surface area contributed by atoms with E-state index in [1.165, 1.54) is 5.56 Å². The van der Waals surface area contributed by atoms with Gasteiger partial charge in [-0.1, -0.05) is 19.9 Å². The fraction of sp³-hybridized carbons (Fsp3) is 0.545. The first-order chi connectivity index (χ1) is 8.93. The summed E-state index contributed by atoms with van der Waals surface area (Å²) in [6.07, 6.45) is -3.50. The van der Waals surface area contributed by atoms with Crippen molar-refractivity contribution in [2.24, 2.45) is 0 Å². The van der Waals surface area contributed by atoms with Gasteiger partial charge in [-0.15, -0.1) is 0 Å². The molecule has 1 atom stereocenters. The first-order valence-electron chi connectivity index (χ1n) is 5.64. The minimum Gasteiger partial charge on any atom is -0.303 e. The first kappa shape index (κ1) is 19.1. The summed E-state index contributed by atoms with van der Waals surface area (Å²) in [5.41, 5.74) is 1.30. The van der Waals surface area contributed by atoms with E-state index >= 15 is 0 Å². The van der Waals surface area contributed by atoms with E-state index in [2.05, 4.69) is 29.4 Å². The summed E-state index contributed by atoms with van der Waals surface area (Å²) in [6, 6.07) is 4.06. The maximum atomic E-state index is 11.5. The van der Waals surface area contributed by atoms with Crippen LogP contribution in [0.1, 0.15) is 32.3 Å². The Labute approximate surface area is 115 Å². The molecule has 0 amide bonds. The number of nitrogens with zero attached hydrogens (tertiary/aromatic N) is 1. The quantitative estimate of drug-likeness (QED) is 0.837. The third-order valence-electron chi connectivity index (χ3n) is 2.11. The number of pyridine rings is 1. The van der Waals surface area contributed by atoms with E-state index in [1.807, 2.05) is 12.3 Å². The minimum absolute atomic E-state index is 0.513. The molecule has 0 saturated carbocycles. The molecular weight excluding hydrogens is 298 g/mol. The fourth-order valence-electron chi connectivity index (χ4n) is 0.983. The number of alkyl halides is 3. The first-order valence-corrected chi connectivity index (χ1v) is 7.17. The summed E-state index contributed by atoms with van der Waals surface area (Å²) >= 11 is 0. The fourth-order valence-corrected chi connectivity index (χ4v) is 1.51. The highest BCUT2D eigenvalue weighted by Crippen LogP contribution is 2.41. The molecule has 0 spiro atoms. The van der Waals surface area contributed by atoms with Gasteiger partial charge in [-0.05, 0) is 24.5 Å². The number of hydrogen-bond donors (Lipinski definition) is 2. The highest BCUT2D eigenvalue weighted by Gasteiger charge is 2.40. The molecule has 0 fully saturated rings. The van der Waals surface area contributed by atoms with Crippen LogP contribution in [0.4, 0.5) is 13.2 Å². The van der Waals surface area contributed by atoms with Crippen LogP contribution < -0.4 is 0 Å². The number of rotatable bonds is 3. The van der Waals surface area contributed by atoms with Crippen LogP contribution >= 0.6 is 7.82 Å². The van der Waals surface area contributed by atoms with Gasteiger partial charge in [0.2, 0.25) is 0 Å². The van der Waals surface area contributed by atoms with Crippen molar-refractivity contribution in [3.05, 3.63) is 30.1 Å². The van der Waals surface area contributed by atoms with E-state index in [0.717, 1.165) is 0 Å². The van der Waals surface area contributed by atoms with Gasteiger partial charge in [0, 0.05) is 12.4 Å². The van der Waals surface area contributed by atoms with E-state index < -0.39 is 20.1 Å². The molecule has 1 rings (SSSR count). The summed E-state index contributed by atoms with van der Waals surface area (Å²) < 4.78 is 47.7. The smallest absolute Gasteiger partial charge is 0.303 e. The van der Waals surface area contributed by atoms with Crippen molar-refractivity contribution in [1.29, 1.82) is 0 Å². The largest absolute Gasteiger partial charge is 0.470 e. The predicted molar refractivity (Wildman–Crippen MR) is 67.0 cm³/mol. The minimum atomic E-state index is -5.04. The topological polar surface area (TPSA) is 79.7 Å². The van der Waals surface area contributed by atoms with Crippen LogP contribution in [-0.4, -0.2) is 27.1 Å². The van der Waals surface area contributed by atoms with Crippen LogP contribution in [0.3, 0.4) is 0 Å². The van der Waals surface area contributed by atoms with E-state index in [4.69, 9.17) is 9.79 Å². The lowest BCUT2D eigenvalue weighted by molar-refractivity contribution is -0.193. The molecule has 1 aromatic heterocycles. The molecule has 5 nitrogen and oxygen atoms in total. The Bertz CT molecular complexity index is 433. The number of halogens is 3. The van der Waals surface area contributed by atoms with Gasteiger partial charge >= 0.3 is 14.0 Å². The average molecular weight is 315 g/mol. The summed E-state index contributed by atoms with van der Waals surface area (Å²) in [7, 11) is -5.04. The number of phosphoric ester groups is 1. The molecule has 0 aliphatic heterocycles. The van der Waals surface area contributed by atoms with Gasteiger partial charge in [0.25, 0.3) is 0 Å². The molecule has 9 heteroatoms. The van der Waals surface area contributed by atoms with E-state index in [9.17, 15) is 17.7 Å². The molecule has 2 N–H and O–H groups in total. The molecule has 0 aliphatic rings. The zero-order chi connectivity index (χ0) is 16.0. The lowest BCUT2D eigenvalue weighted by atomic mass is 10.1. The lowest BCUT2D eigenvalue weighted by Crippen LogP contribution is -2.27. The van der Waals surface area contributed by atoms with Crippen molar-refractivity contribution in [3.63, 3.8) is 0 Å². The van der Waals surface area contributed by atoms with Gasteiger partial charge in [-0.25, -0.2) is 4.57 Å². The zero-order valence-corrected chi connectivity index (χ0v) is 12.1. The second-order valence-electron chi connectivity index (χ2n) is 4.22. The van der Waals surface area contributed by atoms with Gasteiger partial charge in [0.05, 0.1) is 0 Å². The molecular formula is C11H17F3NO4P. The lowest BCUT2D eigenvalue weighted by Gasteiger charge is -2.15. The predicted octanol–water partition coefficient (Wildman–Crippen LogP) is 3.25. The molecule has 0 bridgehead atoms. The van der Waals surface area contributed by atoms with Crippen molar-refractivity contribution in [1.82, 2.24) is 4.98 Å². The molecule has 116 valence electrons. The average Bonchev–Trinajstić information content (AvgIpc) is 2.27. The van der Waals surface area contributed by atoms with Crippen LogP contribution in [0, 0.1) is 0 Å². The normalized spacial score (nSPS) is 13.7. The van der Waals surface area contributed by atoms with Crippen LogP contribution in [0.2, 0.25) is 0 Å². The molecule has 0 radical (unpaired) electrons. The number of hydrogen-bond acceptors (Lipinski definition) is 3. The summed E-state index contributed by atoms with van der Waals surface area (Å²) in [6.45, 7) is 4.84. The van der Waals surface area contributed by atoms with Crippen LogP contribution in [0.25, 0.3) is 0 Å². The zero-order valence-electron chi connectivity index (χ0n) is 11.2. The molecule has 0 saturated heterocycles. The van der Waals surface area contributed by atoms with Crippen molar-refractivity contribution < 1.29 is 32.0 Å². The van der Waals surface area contributed by atoms with Crippen molar-refractivity contribution >= 4 is 7.82 Å². The monoisotopic (exact) mass is 315 g/mol. The number of aromatic nitrogens is 1. The second kappa shape index (κ2) is 7.73. The Hall–Kier alpha value is -0.950. The van der Waals surface area contributed by atoms with Gasteiger partial charge in [0.1, 0.15) is 0 Å². The van der Waals surface area contributed by atoms with Crippen LogP contribution in [0.15, 0.2) is 24.5 Å². The van der Waals surface area contributed by atoms with E-state index in [1.54, 1.807) is 6.20 Å². The molecule has 1 unspecified atom stereocenters. The third-order valence-corrected chi connectivity index (χ3v) is 2.70. The Balaban J connectivity index is 0.000000367. The van der Waals surface area contributed by atoms with E-state index in [-0.39, 0.29) is 0 Å². The van der Waals surface area contributed by atoms with Gasteiger partial charge < -0.3 is 9.79 Å². The molecule has 1 aromatic rings. The third kappa shape index (κ3) is 9.03. The molecule has 20 heavy (non-hydrogen) atoms.